The first-order valence-electron chi connectivity index (χ1n) is 12.1. The van der Waals surface area contributed by atoms with E-state index in [0.717, 1.165) is 56.8 Å². The summed E-state index contributed by atoms with van der Waals surface area (Å²) in [6.07, 6.45) is 26.1. The first kappa shape index (κ1) is 29.1. The number of rotatable bonds is 16. The number of unbranched alkanes of at least 4 members (excludes halogenated alkanes) is 1. The van der Waals surface area contributed by atoms with Crippen molar-refractivity contribution in [1.82, 2.24) is 0 Å². The van der Waals surface area contributed by atoms with Gasteiger partial charge in [-0.05, 0) is 118 Å². The Bertz CT molecular complexity index is 688. The maximum atomic E-state index is 10.6. The van der Waals surface area contributed by atoms with Crippen LogP contribution < -0.4 is 0 Å². The lowest BCUT2D eigenvalue weighted by Crippen LogP contribution is -1.82. The van der Waals surface area contributed by atoms with Gasteiger partial charge in [0.1, 0.15) is 6.29 Å². The third-order valence-electron chi connectivity index (χ3n) is 5.50. The van der Waals surface area contributed by atoms with Crippen molar-refractivity contribution in [2.75, 3.05) is 0 Å². The lowest BCUT2D eigenvalue weighted by atomic mass is 10.0. The molecule has 0 amide bonds. The third kappa shape index (κ3) is 19.8. The lowest BCUT2D eigenvalue weighted by molar-refractivity contribution is -0.104. The van der Waals surface area contributed by atoms with Crippen molar-refractivity contribution in [3.63, 3.8) is 0 Å². The molecule has 0 bridgehead atoms. The molecule has 31 heavy (non-hydrogen) atoms. The van der Waals surface area contributed by atoms with E-state index in [4.69, 9.17) is 0 Å². The van der Waals surface area contributed by atoms with Gasteiger partial charge in [-0.2, -0.15) is 0 Å². The van der Waals surface area contributed by atoms with Gasteiger partial charge in [-0.15, -0.1) is 0 Å². The van der Waals surface area contributed by atoms with Crippen LogP contribution in [0.1, 0.15) is 113 Å². The smallest absolute Gasteiger partial charge is 0.145 e. The van der Waals surface area contributed by atoms with Crippen molar-refractivity contribution >= 4 is 6.29 Å². The molecule has 0 unspecified atom stereocenters. The molecule has 0 aromatic rings. The van der Waals surface area contributed by atoms with Gasteiger partial charge in [0.15, 0.2) is 0 Å². The molecular weight excluding hydrogens is 376 g/mol. The number of carbonyl (C=O) groups is 1. The number of allylic oxidation sites excluding steroid dienone is 12. The van der Waals surface area contributed by atoms with E-state index in [2.05, 4.69) is 71.9 Å². The van der Waals surface area contributed by atoms with Crippen LogP contribution in [-0.4, -0.2) is 6.29 Å². The minimum Gasteiger partial charge on any atom is -0.298 e. The standard InChI is InChI=1S/C30H48O/c1-25(2)14-10-17-28(5)20-11-18-26(3)15-8-9-16-27(4)19-12-21-29(6)22-13-23-30(7)24-31/h14-16,20-21,23-24H,8-13,17-19,22H2,1-7H3. The largest absolute Gasteiger partial charge is 0.298 e. The van der Waals surface area contributed by atoms with Gasteiger partial charge in [0, 0.05) is 0 Å². The second-order valence-electron chi connectivity index (χ2n) is 9.28. The maximum Gasteiger partial charge on any atom is 0.145 e. The van der Waals surface area contributed by atoms with Gasteiger partial charge in [-0.25, -0.2) is 0 Å². The van der Waals surface area contributed by atoms with Gasteiger partial charge < -0.3 is 0 Å². The lowest BCUT2D eigenvalue weighted by Gasteiger charge is -2.02. The molecule has 0 radical (unpaired) electrons. The van der Waals surface area contributed by atoms with Crippen molar-refractivity contribution < 1.29 is 4.79 Å². The molecule has 0 saturated heterocycles. The van der Waals surface area contributed by atoms with Gasteiger partial charge in [0.05, 0.1) is 0 Å². The number of hydrogen-bond donors (Lipinski definition) is 0. The van der Waals surface area contributed by atoms with Crippen molar-refractivity contribution in [3.8, 4) is 0 Å². The maximum absolute atomic E-state index is 10.6. The zero-order valence-electron chi connectivity index (χ0n) is 21.5. The third-order valence-corrected chi connectivity index (χ3v) is 5.50. The molecule has 0 aliphatic heterocycles. The zero-order chi connectivity index (χ0) is 23.5. The van der Waals surface area contributed by atoms with Crippen LogP contribution >= 0.6 is 0 Å². The second-order valence-corrected chi connectivity index (χ2v) is 9.28. The average Bonchev–Trinajstić information content (AvgIpc) is 2.70. The predicted octanol–water partition coefficient (Wildman–Crippen LogP) is 9.78. The molecule has 0 aliphatic rings. The Kier molecular flexibility index (Phi) is 17.7. The molecule has 0 rings (SSSR count). The first-order valence-corrected chi connectivity index (χ1v) is 12.1. The van der Waals surface area contributed by atoms with Crippen LogP contribution in [-0.2, 0) is 4.79 Å². The number of aldehydes is 1. The van der Waals surface area contributed by atoms with E-state index in [-0.39, 0.29) is 0 Å². The first-order chi connectivity index (χ1) is 14.7. The highest BCUT2D eigenvalue weighted by atomic mass is 16.1. The Hall–Kier alpha value is -1.89. The molecule has 0 aliphatic carbocycles. The van der Waals surface area contributed by atoms with Gasteiger partial charge in [0.2, 0.25) is 0 Å². The second kappa shape index (κ2) is 18.8. The average molecular weight is 425 g/mol. The van der Waals surface area contributed by atoms with E-state index < -0.39 is 0 Å². The van der Waals surface area contributed by atoms with Crippen LogP contribution in [0, 0.1) is 0 Å². The minimum atomic E-state index is 0.831. The highest BCUT2D eigenvalue weighted by Crippen LogP contribution is 2.14. The summed E-state index contributed by atoms with van der Waals surface area (Å²) in [7, 11) is 0. The highest BCUT2D eigenvalue weighted by molar-refractivity contribution is 5.71. The van der Waals surface area contributed by atoms with Gasteiger partial charge >= 0.3 is 0 Å². The van der Waals surface area contributed by atoms with Crippen LogP contribution in [0.25, 0.3) is 0 Å². The molecule has 0 N–H and O–H groups in total. The van der Waals surface area contributed by atoms with Crippen LogP contribution in [0.3, 0.4) is 0 Å². The van der Waals surface area contributed by atoms with E-state index in [1.807, 2.05) is 13.0 Å². The van der Waals surface area contributed by atoms with Crippen molar-refractivity contribution in [2.24, 2.45) is 0 Å². The van der Waals surface area contributed by atoms with Crippen LogP contribution in [0.4, 0.5) is 0 Å². The summed E-state index contributed by atoms with van der Waals surface area (Å²) >= 11 is 0. The zero-order valence-corrected chi connectivity index (χ0v) is 21.5. The summed E-state index contributed by atoms with van der Waals surface area (Å²) in [6, 6.07) is 0. The minimum absolute atomic E-state index is 0.831. The molecule has 1 nitrogen and oxygen atoms in total. The molecule has 1 heteroatoms. The molecular formula is C30H48O. The monoisotopic (exact) mass is 424 g/mol. The fraction of sp³-hybridized carbons (Fsp3) is 0.567. The molecule has 0 fully saturated rings. The topological polar surface area (TPSA) is 17.1 Å². The normalized spacial score (nSPS) is 14.1. The quantitative estimate of drug-likeness (QED) is 0.104. The van der Waals surface area contributed by atoms with E-state index in [1.54, 1.807) is 0 Å². The van der Waals surface area contributed by atoms with E-state index in [0.29, 0.717) is 0 Å². The molecule has 0 atom stereocenters. The Morgan fingerprint density at radius 2 is 0.774 bits per heavy atom. The summed E-state index contributed by atoms with van der Waals surface area (Å²) in [4.78, 5) is 10.6. The van der Waals surface area contributed by atoms with Crippen LogP contribution in [0.2, 0.25) is 0 Å². The van der Waals surface area contributed by atoms with Crippen molar-refractivity contribution in [1.29, 1.82) is 0 Å². The van der Waals surface area contributed by atoms with Crippen LogP contribution in [0.15, 0.2) is 69.9 Å². The fourth-order valence-electron chi connectivity index (χ4n) is 3.32. The number of hydrogen-bond acceptors (Lipinski definition) is 1. The summed E-state index contributed by atoms with van der Waals surface area (Å²) in [5.74, 6) is 0. The van der Waals surface area contributed by atoms with E-state index >= 15 is 0 Å². The van der Waals surface area contributed by atoms with Crippen molar-refractivity contribution in [3.05, 3.63) is 69.9 Å². The predicted molar refractivity (Wildman–Crippen MR) is 140 cm³/mol. The van der Waals surface area contributed by atoms with E-state index in [9.17, 15) is 4.79 Å². The Balaban J connectivity index is 4.08. The molecule has 174 valence electrons. The Morgan fingerprint density at radius 1 is 0.452 bits per heavy atom. The van der Waals surface area contributed by atoms with E-state index in [1.165, 1.54) is 47.1 Å². The van der Waals surface area contributed by atoms with Gasteiger partial charge in [0.25, 0.3) is 0 Å². The summed E-state index contributed by atoms with van der Waals surface area (Å²) in [6.45, 7) is 15.2. The van der Waals surface area contributed by atoms with Gasteiger partial charge in [-0.1, -0.05) is 64.3 Å². The summed E-state index contributed by atoms with van der Waals surface area (Å²) in [5.41, 5.74) is 8.18. The molecule has 0 aromatic carbocycles. The van der Waals surface area contributed by atoms with Crippen LogP contribution in [0.5, 0.6) is 0 Å². The Labute approximate surface area is 193 Å². The SMILES string of the molecule is CC(C)=CCCC(C)=CCCC(C)=CCCC=C(C)CCC=C(C)CCC=C(C)C=O. The molecule has 0 spiro atoms. The molecule has 0 heterocycles. The summed E-state index contributed by atoms with van der Waals surface area (Å²) < 4.78 is 0. The highest BCUT2D eigenvalue weighted by Gasteiger charge is 1.94. The molecule has 0 saturated carbocycles. The number of carbonyl (C=O) groups excluding carboxylic acids is 1. The Morgan fingerprint density at radius 3 is 1.13 bits per heavy atom. The molecule has 0 aromatic heterocycles. The summed E-state index contributed by atoms with van der Waals surface area (Å²) in [5, 5.41) is 0. The van der Waals surface area contributed by atoms with Gasteiger partial charge in [-0.3, -0.25) is 4.79 Å². The van der Waals surface area contributed by atoms with Crippen molar-refractivity contribution in [2.45, 2.75) is 113 Å². The fourth-order valence-corrected chi connectivity index (χ4v) is 3.32.